The molecule has 2 rings (SSSR count). The molecule has 5 N–H and O–H groups in total. The summed E-state index contributed by atoms with van der Waals surface area (Å²) in [5.41, 5.74) is 0.794. The monoisotopic (exact) mass is 412 g/mol. The molecule has 0 saturated carbocycles. The Balaban J connectivity index is 2.44. The molecule has 2 aromatic carbocycles. The van der Waals surface area contributed by atoms with Crippen molar-refractivity contribution < 1.29 is 33.6 Å². The number of nitrogens with one attached hydrogen (secondary N) is 1. The summed E-state index contributed by atoms with van der Waals surface area (Å²) in [4.78, 5) is 13.1. The first kappa shape index (κ1) is 22.2. The van der Waals surface area contributed by atoms with E-state index in [9.17, 15) is 28.5 Å². The summed E-state index contributed by atoms with van der Waals surface area (Å²) in [7, 11) is -0.626. The Hall–Kier alpha value is -2.08. The number of sulfonamides is 1. The Morgan fingerprint density at radius 1 is 1.04 bits per heavy atom. The maximum Gasteiger partial charge on any atom is 0.241 e. The largest absolute Gasteiger partial charge is 0.394 e. The van der Waals surface area contributed by atoms with Crippen LogP contribution in [0.5, 0.6) is 0 Å². The van der Waals surface area contributed by atoms with Crippen molar-refractivity contribution in [2.75, 3.05) is 25.6 Å². The molecule has 0 amide bonds. The van der Waals surface area contributed by atoms with E-state index < -0.39 is 41.0 Å². The first-order chi connectivity index (χ1) is 13.1. The van der Waals surface area contributed by atoms with E-state index in [2.05, 4.69) is 0 Å². The van der Waals surface area contributed by atoms with Crippen molar-refractivity contribution in [2.45, 2.75) is 29.2 Å². The van der Waals surface area contributed by atoms with Gasteiger partial charge in [-0.1, -0.05) is 24.3 Å². The number of benzene rings is 2. The predicted octanol–water partition coefficient (Wildman–Crippen LogP) is -1.17. The summed E-state index contributed by atoms with van der Waals surface area (Å²) in [6.07, 6.45) is -5.49. The number of aldehydes is 1. The van der Waals surface area contributed by atoms with Gasteiger partial charge in [-0.25, -0.2) is 8.42 Å². The first-order valence-corrected chi connectivity index (χ1v) is 9.94. The second kappa shape index (κ2) is 8.95. The van der Waals surface area contributed by atoms with Crippen LogP contribution in [-0.4, -0.2) is 80.2 Å². The fraction of sp³-hybridized carbons (Fsp3) is 0.389. The summed E-state index contributed by atoms with van der Waals surface area (Å²) >= 11 is 0. The van der Waals surface area contributed by atoms with Crippen molar-refractivity contribution in [3.63, 3.8) is 0 Å². The molecule has 154 valence electrons. The molecule has 10 heteroatoms. The second-order valence-electron chi connectivity index (χ2n) is 6.54. The minimum atomic E-state index is -4.27. The van der Waals surface area contributed by atoms with E-state index in [1.165, 1.54) is 6.07 Å². The maximum atomic E-state index is 12.9. The van der Waals surface area contributed by atoms with Crippen LogP contribution in [0.25, 0.3) is 10.8 Å². The van der Waals surface area contributed by atoms with Gasteiger partial charge in [0.15, 0.2) is 0 Å². The van der Waals surface area contributed by atoms with Crippen LogP contribution in [-0.2, 0) is 14.8 Å². The van der Waals surface area contributed by atoms with Crippen LogP contribution >= 0.6 is 0 Å². The van der Waals surface area contributed by atoms with Crippen molar-refractivity contribution >= 4 is 32.8 Å². The molecule has 0 aliphatic heterocycles. The van der Waals surface area contributed by atoms with Crippen LogP contribution in [0.4, 0.5) is 5.69 Å². The van der Waals surface area contributed by atoms with Crippen molar-refractivity contribution in [1.29, 1.82) is 0 Å². The van der Waals surface area contributed by atoms with Gasteiger partial charge in [0.1, 0.15) is 30.6 Å². The number of hydrogen-bond acceptors (Lipinski definition) is 8. The van der Waals surface area contributed by atoms with E-state index in [0.29, 0.717) is 10.8 Å². The molecule has 4 atom stereocenters. The Morgan fingerprint density at radius 2 is 1.64 bits per heavy atom. The number of rotatable bonds is 9. The van der Waals surface area contributed by atoms with Crippen LogP contribution in [0.2, 0.25) is 0 Å². The van der Waals surface area contributed by atoms with E-state index in [1.807, 2.05) is 29.8 Å². The minimum absolute atomic E-state index is 0.107. The zero-order chi connectivity index (χ0) is 21.1. The van der Waals surface area contributed by atoms with Gasteiger partial charge in [0.05, 0.1) is 11.5 Å². The molecule has 0 bridgehead atoms. The van der Waals surface area contributed by atoms with Gasteiger partial charge >= 0.3 is 0 Å². The molecule has 2 aromatic rings. The lowest BCUT2D eigenvalue weighted by Gasteiger charge is -2.26. The van der Waals surface area contributed by atoms with Crippen molar-refractivity contribution in [2.24, 2.45) is 0 Å². The number of anilines is 1. The number of fused-ring (bicyclic) bond motifs is 1. The number of carbonyl (C=O) groups excluding carboxylic acids is 1. The third kappa shape index (κ3) is 4.49. The lowest BCUT2D eigenvalue weighted by Crippen LogP contribution is -2.53. The molecule has 0 radical (unpaired) electrons. The van der Waals surface area contributed by atoms with Gasteiger partial charge in [-0.2, -0.15) is 4.72 Å². The van der Waals surface area contributed by atoms with Gasteiger partial charge < -0.3 is 30.1 Å². The molecule has 0 unspecified atom stereocenters. The van der Waals surface area contributed by atoms with Crippen LogP contribution in [0.3, 0.4) is 0 Å². The van der Waals surface area contributed by atoms with E-state index in [0.717, 1.165) is 5.69 Å². The zero-order valence-corrected chi connectivity index (χ0v) is 16.2. The van der Waals surface area contributed by atoms with Gasteiger partial charge in [0.25, 0.3) is 0 Å². The smallest absolute Gasteiger partial charge is 0.241 e. The molecule has 0 fully saturated rings. The summed E-state index contributed by atoms with van der Waals surface area (Å²) < 4.78 is 27.8. The number of aliphatic hydroxyl groups is 4. The Kier molecular flexibility index (Phi) is 7.10. The molecular weight excluding hydrogens is 388 g/mol. The van der Waals surface area contributed by atoms with Crippen molar-refractivity contribution in [3.05, 3.63) is 36.4 Å². The van der Waals surface area contributed by atoms with Crippen LogP contribution in [0.15, 0.2) is 41.3 Å². The summed E-state index contributed by atoms with van der Waals surface area (Å²) in [5.74, 6) is 0. The number of aliphatic hydroxyl groups excluding tert-OH is 4. The van der Waals surface area contributed by atoms with Gasteiger partial charge in [0.2, 0.25) is 10.0 Å². The highest BCUT2D eigenvalue weighted by Crippen LogP contribution is 2.30. The van der Waals surface area contributed by atoms with Crippen LogP contribution in [0.1, 0.15) is 0 Å². The van der Waals surface area contributed by atoms with E-state index in [4.69, 9.17) is 5.11 Å². The van der Waals surface area contributed by atoms with Crippen molar-refractivity contribution in [3.8, 4) is 0 Å². The van der Waals surface area contributed by atoms with Gasteiger partial charge in [0, 0.05) is 30.6 Å². The lowest BCUT2D eigenvalue weighted by atomic mass is 10.0. The highest BCUT2D eigenvalue weighted by molar-refractivity contribution is 7.89. The second-order valence-corrected chi connectivity index (χ2v) is 8.22. The molecule has 0 aliphatic carbocycles. The van der Waals surface area contributed by atoms with E-state index >= 15 is 0 Å². The Bertz CT molecular complexity index is 933. The summed E-state index contributed by atoms with van der Waals surface area (Å²) in [6.45, 7) is -0.868. The molecule has 0 heterocycles. The SMILES string of the molecule is CN(C)c1cccc2c(S(=O)(=O)N[C@@H](C=O)[C@@H](O)[C@@H](O)[C@H](O)CO)cccc12. The quantitative estimate of drug-likeness (QED) is 0.324. The third-order valence-corrected chi connectivity index (χ3v) is 5.88. The van der Waals surface area contributed by atoms with E-state index in [-0.39, 0.29) is 11.2 Å². The molecule has 0 aliphatic rings. The van der Waals surface area contributed by atoms with Crippen LogP contribution < -0.4 is 9.62 Å². The molecule has 0 spiro atoms. The number of nitrogens with zero attached hydrogens (tertiary/aromatic N) is 1. The van der Waals surface area contributed by atoms with Gasteiger partial charge in [-0.05, 0) is 12.1 Å². The molecule has 28 heavy (non-hydrogen) atoms. The number of carbonyl (C=O) groups is 1. The molecule has 0 aromatic heterocycles. The van der Waals surface area contributed by atoms with Crippen molar-refractivity contribution in [1.82, 2.24) is 4.72 Å². The Morgan fingerprint density at radius 3 is 2.21 bits per heavy atom. The average molecular weight is 412 g/mol. The minimum Gasteiger partial charge on any atom is -0.394 e. The maximum absolute atomic E-state index is 12.9. The first-order valence-electron chi connectivity index (χ1n) is 8.45. The lowest BCUT2D eigenvalue weighted by molar-refractivity contribution is -0.119. The normalized spacial score (nSPS) is 16.4. The average Bonchev–Trinajstić information content (AvgIpc) is 2.69. The zero-order valence-electron chi connectivity index (χ0n) is 15.4. The highest BCUT2D eigenvalue weighted by atomic mass is 32.2. The molecular formula is C18H24N2O7S. The van der Waals surface area contributed by atoms with Gasteiger partial charge in [-0.15, -0.1) is 0 Å². The third-order valence-electron chi connectivity index (χ3n) is 4.37. The standard InChI is InChI=1S/C18H24N2O7S/c1-20(2)14-7-3-6-12-11(14)5-4-8-16(12)28(26,27)19-13(9-21)17(24)18(25)15(23)10-22/h3-9,13,15,17-19,22-25H,10H2,1-2H3/t13-,15+,17+,18-/m0/s1. The predicted molar refractivity (Wildman–Crippen MR) is 104 cm³/mol. The van der Waals surface area contributed by atoms with E-state index in [1.54, 1.807) is 24.3 Å². The van der Waals surface area contributed by atoms with Crippen LogP contribution in [0, 0.1) is 0 Å². The topological polar surface area (TPSA) is 147 Å². The number of hydrogen-bond donors (Lipinski definition) is 5. The fourth-order valence-electron chi connectivity index (χ4n) is 2.86. The summed E-state index contributed by atoms with van der Waals surface area (Å²) in [6, 6.07) is 8.09. The summed E-state index contributed by atoms with van der Waals surface area (Å²) in [5, 5.41) is 39.2. The fourth-order valence-corrected chi connectivity index (χ4v) is 4.26. The highest BCUT2D eigenvalue weighted by Gasteiger charge is 2.34. The molecule has 9 nitrogen and oxygen atoms in total. The Labute approximate surface area is 162 Å². The van der Waals surface area contributed by atoms with Gasteiger partial charge in [-0.3, -0.25) is 0 Å². The molecule has 0 saturated heterocycles.